The van der Waals surface area contributed by atoms with Crippen molar-refractivity contribution in [1.82, 2.24) is 19.9 Å². The molecule has 1 aliphatic rings. The fraction of sp³-hybridized carbons (Fsp3) is 0.316. The van der Waals surface area contributed by atoms with Crippen LogP contribution in [0, 0.1) is 18.7 Å². The fourth-order valence-corrected chi connectivity index (χ4v) is 3.07. The topological polar surface area (TPSA) is 59.3 Å². The maximum Gasteiger partial charge on any atom is 0.256 e. The summed E-state index contributed by atoms with van der Waals surface area (Å²) in [5.41, 5.74) is 3.05. The number of fused-ring (bicyclic) bond motifs is 1. The molecule has 1 aromatic carbocycles. The van der Waals surface area contributed by atoms with Gasteiger partial charge in [-0.2, -0.15) is 5.10 Å². The largest absolute Gasteiger partial charge is 0.349 e. The van der Waals surface area contributed by atoms with Crippen LogP contribution in [0.2, 0.25) is 0 Å². The highest BCUT2D eigenvalue weighted by atomic mass is 19.1. The third kappa shape index (κ3) is 2.99. The van der Waals surface area contributed by atoms with Crippen LogP contribution in [0.15, 0.2) is 36.5 Å². The van der Waals surface area contributed by atoms with Crippen molar-refractivity contribution in [2.75, 3.05) is 0 Å². The summed E-state index contributed by atoms with van der Waals surface area (Å²) >= 11 is 0. The molecule has 25 heavy (non-hydrogen) atoms. The first-order valence-electron chi connectivity index (χ1n) is 8.45. The summed E-state index contributed by atoms with van der Waals surface area (Å²) in [7, 11) is 0. The van der Waals surface area contributed by atoms with E-state index in [9.17, 15) is 9.18 Å². The zero-order valence-electron chi connectivity index (χ0n) is 14.2. The molecule has 6 heteroatoms. The maximum atomic E-state index is 13.5. The molecule has 1 aliphatic carbocycles. The van der Waals surface area contributed by atoms with E-state index in [1.54, 1.807) is 22.8 Å². The minimum absolute atomic E-state index is 0.148. The van der Waals surface area contributed by atoms with E-state index in [1.807, 2.05) is 19.9 Å². The van der Waals surface area contributed by atoms with Gasteiger partial charge in [-0.25, -0.2) is 13.9 Å². The average Bonchev–Trinajstić information content (AvgIpc) is 3.34. The van der Waals surface area contributed by atoms with Gasteiger partial charge in [-0.3, -0.25) is 4.79 Å². The van der Waals surface area contributed by atoms with Gasteiger partial charge < -0.3 is 5.32 Å². The average molecular weight is 338 g/mol. The van der Waals surface area contributed by atoms with Crippen molar-refractivity contribution in [3.05, 3.63) is 53.6 Å². The maximum absolute atomic E-state index is 13.5. The molecule has 0 bridgehead atoms. The highest BCUT2D eigenvalue weighted by Gasteiger charge is 2.29. The molecule has 0 saturated heterocycles. The third-order valence-electron chi connectivity index (χ3n) is 4.70. The highest BCUT2D eigenvalue weighted by molar-refractivity contribution is 6.00. The standard InChI is InChI=1S/C19H19FN4O/c1-11-8-17(14-4-3-5-15(20)9-14)23-18-16(10-21-24(11)18)19(25)22-12(2)13-6-7-13/h3-5,8-10,12-13H,6-7H2,1-2H3,(H,22,25)/t12-/m0/s1. The summed E-state index contributed by atoms with van der Waals surface area (Å²) in [6.45, 7) is 3.91. The smallest absolute Gasteiger partial charge is 0.256 e. The van der Waals surface area contributed by atoms with Gasteiger partial charge in [0.1, 0.15) is 11.4 Å². The molecule has 1 amide bonds. The summed E-state index contributed by atoms with van der Waals surface area (Å²) < 4.78 is 15.2. The number of hydrogen-bond acceptors (Lipinski definition) is 3. The van der Waals surface area contributed by atoms with Crippen LogP contribution in [0.1, 0.15) is 35.8 Å². The Hall–Kier alpha value is -2.76. The van der Waals surface area contributed by atoms with E-state index < -0.39 is 0 Å². The number of aromatic nitrogens is 3. The summed E-state index contributed by atoms with van der Waals surface area (Å²) in [4.78, 5) is 17.2. The first kappa shape index (κ1) is 15.7. The van der Waals surface area contributed by atoms with Crippen LogP contribution in [0.5, 0.6) is 0 Å². The molecule has 3 aromatic rings. The van der Waals surface area contributed by atoms with E-state index in [2.05, 4.69) is 15.4 Å². The van der Waals surface area contributed by atoms with Crippen LogP contribution >= 0.6 is 0 Å². The number of halogens is 1. The Morgan fingerprint density at radius 3 is 2.88 bits per heavy atom. The fourth-order valence-electron chi connectivity index (χ4n) is 3.07. The molecule has 128 valence electrons. The lowest BCUT2D eigenvalue weighted by Crippen LogP contribution is -2.34. The molecule has 0 radical (unpaired) electrons. The quantitative estimate of drug-likeness (QED) is 0.793. The number of nitrogens with zero attached hydrogens (tertiary/aromatic N) is 3. The Balaban J connectivity index is 1.74. The number of nitrogens with one attached hydrogen (secondary N) is 1. The molecule has 1 atom stereocenters. The molecule has 5 nitrogen and oxygen atoms in total. The number of benzene rings is 1. The van der Waals surface area contributed by atoms with Crippen LogP contribution in [-0.2, 0) is 0 Å². The van der Waals surface area contributed by atoms with Crippen LogP contribution in [0.25, 0.3) is 16.9 Å². The van der Waals surface area contributed by atoms with E-state index in [0.717, 1.165) is 18.5 Å². The molecule has 2 aromatic heterocycles. The van der Waals surface area contributed by atoms with Gasteiger partial charge in [0, 0.05) is 17.3 Å². The lowest BCUT2D eigenvalue weighted by atomic mass is 10.1. The van der Waals surface area contributed by atoms with Gasteiger partial charge >= 0.3 is 0 Å². The number of hydrogen-bond donors (Lipinski definition) is 1. The second-order valence-electron chi connectivity index (χ2n) is 6.69. The van der Waals surface area contributed by atoms with Crippen molar-refractivity contribution in [2.45, 2.75) is 32.7 Å². The van der Waals surface area contributed by atoms with Crippen molar-refractivity contribution in [3.63, 3.8) is 0 Å². The summed E-state index contributed by atoms with van der Waals surface area (Å²) in [6.07, 6.45) is 3.87. The van der Waals surface area contributed by atoms with Crippen molar-refractivity contribution in [1.29, 1.82) is 0 Å². The van der Waals surface area contributed by atoms with Crippen LogP contribution in [-0.4, -0.2) is 26.5 Å². The van der Waals surface area contributed by atoms with E-state index in [-0.39, 0.29) is 17.8 Å². The molecular weight excluding hydrogens is 319 g/mol. The summed E-state index contributed by atoms with van der Waals surface area (Å²) in [5.74, 6) is 0.0857. The van der Waals surface area contributed by atoms with Gasteiger partial charge in [-0.1, -0.05) is 12.1 Å². The Labute approximate surface area is 144 Å². The number of carbonyl (C=O) groups excluding carboxylic acids is 1. The monoisotopic (exact) mass is 338 g/mol. The van der Waals surface area contributed by atoms with E-state index in [0.29, 0.717) is 28.4 Å². The molecule has 0 aliphatic heterocycles. The van der Waals surface area contributed by atoms with Crippen LogP contribution < -0.4 is 5.32 Å². The molecule has 4 rings (SSSR count). The normalized spacial score (nSPS) is 15.3. The van der Waals surface area contributed by atoms with E-state index >= 15 is 0 Å². The number of carbonyl (C=O) groups is 1. The lowest BCUT2D eigenvalue weighted by Gasteiger charge is -2.12. The first-order chi connectivity index (χ1) is 12.0. The summed E-state index contributed by atoms with van der Waals surface area (Å²) in [6, 6.07) is 8.26. The van der Waals surface area contributed by atoms with Crippen molar-refractivity contribution in [2.24, 2.45) is 5.92 Å². The lowest BCUT2D eigenvalue weighted by molar-refractivity contribution is 0.0937. The number of amides is 1. The van der Waals surface area contributed by atoms with Gasteiger partial charge in [0.05, 0.1) is 11.9 Å². The second kappa shape index (κ2) is 5.95. The van der Waals surface area contributed by atoms with Gasteiger partial charge in [0.2, 0.25) is 0 Å². The molecule has 1 N–H and O–H groups in total. The van der Waals surface area contributed by atoms with Crippen LogP contribution in [0.3, 0.4) is 0 Å². The number of rotatable bonds is 4. The summed E-state index contributed by atoms with van der Waals surface area (Å²) in [5, 5.41) is 7.31. The molecule has 0 spiro atoms. The Bertz CT molecular complexity index is 961. The predicted octanol–water partition coefficient (Wildman–Crippen LogP) is 3.37. The Morgan fingerprint density at radius 1 is 1.36 bits per heavy atom. The number of aryl methyl sites for hydroxylation is 1. The van der Waals surface area contributed by atoms with Gasteiger partial charge in [-0.05, 0) is 50.8 Å². The van der Waals surface area contributed by atoms with Crippen molar-refractivity contribution < 1.29 is 9.18 Å². The SMILES string of the molecule is Cc1cc(-c2cccc(F)c2)nc2c(C(=O)N[C@@H](C)C3CC3)cnn12. The zero-order chi connectivity index (χ0) is 17.6. The minimum atomic E-state index is -0.318. The zero-order valence-corrected chi connectivity index (χ0v) is 14.2. The van der Waals surface area contributed by atoms with Crippen molar-refractivity contribution in [3.8, 4) is 11.3 Å². The van der Waals surface area contributed by atoms with Crippen LogP contribution in [0.4, 0.5) is 4.39 Å². The molecular formula is C19H19FN4O. The van der Waals surface area contributed by atoms with Crippen molar-refractivity contribution >= 4 is 11.6 Å². The minimum Gasteiger partial charge on any atom is -0.349 e. The molecule has 0 unspecified atom stereocenters. The predicted molar refractivity (Wildman–Crippen MR) is 92.8 cm³/mol. The first-order valence-corrected chi connectivity index (χ1v) is 8.45. The van der Waals surface area contributed by atoms with Gasteiger partial charge in [0.25, 0.3) is 5.91 Å². The molecule has 1 saturated carbocycles. The Morgan fingerprint density at radius 2 is 2.16 bits per heavy atom. The third-order valence-corrected chi connectivity index (χ3v) is 4.70. The molecule has 1 fully saturated rings. The highest BCUT2D eigenvalue weighted by Crippen LogP contribution is 2.32. The van der Waals surface area contributed by atoms with E-state index in [4.69, 9.17) is 0 Å². The van der Waals surface area contributed by atoms with Gasteiger partial charge in [-0.15, -0.1) is 0 Å². The Kier molecular flexibility index (Phi) is 3.75. The molecule has 2 heterocycles. The van der Waals surface area contributed by atoms with E-state index in [1.165, 1.54) is 12.1 Å². The van der Waals surface area contributed by atoms with Gasteiger partial charge in [0.15, 0.2) is 5.65 Å². The second-order valence-corrected chi connectivity index (χ2v) is 6.69.